The third-order valence-electron chi connectivity index (χ3n) is 4.14. The summed E-state index contributed by atoms with van der Waals surface area (Å²) in [5, 5.41) is 0. The predicted molar refractivity (Wildman–Crippen MR) is 83.6 cm³/mol. The minimum Gasteiger partial charge on any atom is -0.449 e. The molecule has 1 aliphatic rings. The zero-order chi connectivity index (χ0) is 15.1. The molecule has 4 heteroatoms. The summed E-state index contributed by atoms with van der Waals surface area (Å²) in [5.74, 6) is 0.303. The SMILES string of the molecule is Cc1ccc2oc(C(=O)N3CCc4ccccc4C3)cc2n1. The molecule has 0 aliphatic carbocycles. The lowest BCUT2D eigenvalue weighted by molar-refractivity contribution is 0.0705. The first-order valence-corrected chi connectivity index (χ1v) is 7.44. The molecule has 1 aliphatic heterocycles. The maximum absolute atomic E-state index is 12.7. The zero-order valence-corrected chi connectivity index (χ0v) is 12.4. The van der Waals surface area contributed by atoms with Gasteiger partial charge in [0.05, 0.1) is 0 Å². The number of hydrogen-bond acceptors (Lipinski definition) is 3. The van der Waals surface area contributed by atoms with E-state index in [4.69, 9.17) is 4.42 Å². The predicted octanol–water partition coefficient (Wildman–Crippen LogP) is 3.33. The second-order valence-electron chi connectivity index (χ2n) is 5.69. The monoisotopic (exact) mass is 292 g/mol. The molecule has 0 fully saturated rings. The number of aryl methyl sites for hydroxylation is 1. The number of carbonyl (C=O) groups excluding carboxylic acids is 1. The van der Waals surface area contributed by atoms with Crippen molar-refractivity contribution < 1.29 is 9.21 Å². The van der Waals surface area contributed by atoms with Gasteiger partial charge in [-0.05, 0) is 36.6 Å². The summed E-state index contributed by atoms with van der Waals surface area (Å²) in [6.45, 7) is 3.29. The molecule has 4 rings (SSSR count). The van der Waals surface area contributed by atoms with Gasteiger partial charge in [-0.1, -0.05) is 24.3 Å². The molecule has 4 nitrogen and oxygen atoms in total. The molecule has 110 valence electrons. The Labute approximate surface area is 128 Å². The van der Waals surface area contributed by atoms with Crippen LogP contribution in [0.2, 0.25) is 0 Å². The molecule has 22 heavy (non-hydrogen) atoms. The number of amides is 1. The van der Waals surface area contributed by atoms with Gasteiger partial charge >= 0.3 is 0 Å². The average molecular weight is 292 g/mol. The number of nitrogens with zero attached hydrogens (tertiary/aromatic N) is 2. The molecule has 0 N–H and O–H groups in total. The van der Waals surface area contributed by atoms with Crippen molar-refractivity contribution in [2.24, 2.45) is 0 Å². The van der Waals surface area contributed by atoms with Crippen LogP contribution in [-0.4, -0.2) is 22.3 Å². The second-order valence-corrected chi connectivity index (χ2v) is 5.69. The van der Waals surface area contributed by atoms with Crippen LogP contribution in [-0.2, 0) is 13.0 Å². The molecule has 0 radical (unpaired) electrons. The molecule has 3 aromatic rings. The van der Waals surface area contributed by atoms with Crippen LogP contribution in [0.4, 0.5) is 0 Å². The number of rotatable bonds is 1. The Bertz CT molecular complexity index is 866. The Balaban J connectivity index is 1.64. The van der Waals surface area contributed by atoms with Crippen LogP contribution < -0.4 is 0 Å². The lowest BCUT2D eigenvalue weighted by Gasteiger charge is -2.28. The van der Waals surface area contributed by atoms with Gasteiger partial charge in [-0.3, -0.25) is 4.79 Å². The highest BCUT2D eigenvalue weighted by Gasteiger charge is 2.24. The molecule has 0 unspecified atom stereocenters. The first kappa shape index (κ1) is 13.1. The van der Waals surface area contributed by atoms with Crippen LogP contribution in [0, 0.1) is 6.92 Å². The van der Waals surface area contributed by atoms with E-state index in [0.29, 0.717) is 17.9 Å². The first-order chi connectivity index (χ1) is 10.7. The van der Waals surface area contributed by atoms with E-state index in [2.05, 4.69) is 17.1 Å². The summed E-state index contributed by atoms with van der Waals surface area (Å²) in [6, 6.07) is 13.8. The Kier molecular flexibility index (Phi) is 2.96. The number of aromatic nitrogens is 1. The van der Waals surface area contributed by atoms with Crippen molar-refractivity contribution in [2.45, 2.75) is 19.9 Å². The maximum Gasteiger partial charge on any atom is 0.289 e. The third-order valence-corrected chi connectivity index (χ3v) is 4.14. The zero-order valence-electron chi connectivity index (χ0n) is 12.4. The highest BCUT2D eigenvalue weighted by Crippen LogP contribution is 2.23. The largest absolute Gasteiger partial charge is 0.449 e. The van der Waals surface area contributed by atoms with E-state index in [1.165, 1.54) is 11.1 Å². The van der Waals surface area contributed by atoms with Crippen LogP contribution in [0.3, 0.4) is 0 Å². The van der Waals surface area contributed by atoms with Crippen molar-refractivity contribution >= 4 is 17.0 Å². The minimum atomic E-state index is -0.0647. The molecule has 0 bridgehead atoms. The van der Waals surface area contributed by atoms with Gasteiger partial charge in [-0.15, -0.1) is 0 Å². The van der Waals surface area contributed by atoms with Crippen LogP contribution in [0.15, 0.2) is 46.9 Å². The highest BCUT2D eigenvalue weighted by molar-refractivity contribution is 5.95. The molecule has 1 amide bonds. The summed E-state index contributed by atoms with van der Waals surface area (Å²) in [6.07, 6.45) is 0.888. The molecular weight excluding hydrogens is 276 g/mol. The Morgan fingerprint density at radius 1 is 1.18 bits per heavy atom. The van der Waals surface area contributed by atoms with Gasteiger partial charge in [0.25, 0.3) is 5.91 Å². The maximum atomic E-state index is 12.7. The van der Waals surface area contributed by atoms with E-state index in [-0.39, 0.29) is 5.91 Å². The van der Waals surface area contributed by atoms with Gasteiger partial charge in [0.15, 0.2) is 11.3 Å². The molecule has 0 atom stereocenters. The smallest absolute Gasteiger partial charge is 0.289 e. The van der Waals surface area contributed by atoms with Crippen LogP contribution >= 0.6 is 0 Å². The fourth-order valence-electron chi connectivity index (χ4n) is 2.96. The van der Waals surface area contributed by atoms with E-state index in [1.54, 1.807) is 6.07 Å². The average Bonchev–Trinajstić information content (AvgIpc) is 2.96. The fraction of sp³-hybridized carbons (Fsp3) is 0.222. The van der Waals surface area contributed by atoms with Crippen molar-refractivity contribution in [3.05, 3.63) is 65.0 Å². The van der Waals surface area contributed by atoms with E-state index in [0.717, 1.165) is 24.2 Å². The number of carbonyl (C=O) groups is 1. The number of benzene rings is 1. The molecule has 0 spiro atoms. The van der Waals surface area contributed by atoms with E-state index >= 15 is 0 Å². The quantitative estimate of drug-likeness (QED) is 0.691. The fourth-order valence-corrected chi connectivity index (χ4v) is 2.96. The van der Waals surface area contributed by atoms with E-state index in [1.807, 2.05) is 36.1 Å². The molecular formula is C18H16N2O2. The van der Waals surface area contributed by atoms with Gasteiger partial charge < -0.3 is 9.32 Å². The molecule has 1 aromatic carbocycles. The Hall–Kier alpha value is -2.62. The van der Waals surface area contributed by atoms with Crippen molar-refractivity contribution in [2.75, 3.05) is 6.54 Å². The van der Waals surface area contributed by atoms with Gasteiger partial charge in [-0.25, -0.2) is 4.98 Å². The molecule has 3 heterocycles. The molecule has 0 saturated carbocycles. The third kappa shape index (κ3) is 2.17. The number of pyridine rings is 1. The van der Waals surface area contributed by atoms with E-state index in [9.17, 15) is 4.79 Å². The Morgan fingerprint density at radius 2 is 2.00 bits per heavy atom. The number of fused-ring (bicyclic) bond motifs is 2. The van der Waals surface area contributed by atoms with Gasteiger partial charge in [-0.2, -0.15) is 0 Å². The summed E-state index contributed by atoms with van der Waals surface area (Å²) in [5.41, 5.74) is 4.85. The standard InChI is InChI=1S/C18H16N2O2/c1-12-6-7-16-15(19-12)10-17(22-16)18(21)20-9-8-13-4-2-3-5-14(13)11-20/h2-7,10H,8-9,11H2,1H3. The minimum absolute atomic E-state index is 0.0647. The number of furan rings is 1. The first-order valence-electron chi connectivity index (χ1n) is 7.44. The number of hydrogen-bond donors (Lipinski definition) is 0. The van der Waals surface area contributed by atoms with E-state index < -0.39 is 0 Å². The van der Waals surface area contributed by atoms with Crippen molar-refractivity contribution in [1.82, 2.24) is 9.88 Å². The highest BCUT2D eigenvalue weighted by atomic mass is 16.3. The normalized spacial score (nSPS) is 14.1. The van der Waals surface area contributed by atoms with Crippen LogP contribution in [0.25, 0.3) is 11.1 Å². The Morgan fingerprint density at radius 3 is 2.86 bits per heavy atom. The van der Waals surface area contributed by atoms with Crippen molar-refractivity contribution in [3.63, 3.8) is 0 Å². The van der Waals surface area contributed by atoms with Gasteiger partial charge in [0.2, 0.25) is 0 Å². The van der Waals surface area contributed by atoms with Crippen LogP contribution in [0.1, 0.15) is 27.4 Å². The summed E-state index contributed by atoms with van der Waals surface area (Å²) < 4.78 is 5.67. The molecule has 0 saturated heterocycles. The van der Waals surface area contributed by atoms with Gasteiger partial charge in [0.1, 0.15) is 5.52 Å². The summed E-state index contributed by atoms with van der Waals surface area (Å²) >= 11 is 0. The summed E-state index contributed by atoms with van der Waals surface area (Å²) in [4.78, 5) is 18.9. The van der Waals surface area contributed by atoms with Crippen LogP contribution in [0.5, 0.6) is 0 Å². The van der Waals surface area contributed by atoms with Gasteiger partial charge in [0, 0.05) is 24.8 Å². The second kappa shape index (κ2) is 4.98. The lowest BCUT2D eigenvalue weighted by Crippen LogP contribution is -2.35. The summed E-state index contributed by atoms with van der Waals surface area (Å²) in [7, 11) is 0. The topological polar surface area (TPSA) is 46.3 Å². The lowest BCUT2D eigenvalue weighted by atomic mass is 10.00. The van der Waals surface area contributed by atoms with Crippen molar-refractivity contribution in [1.29, 1.82) is 0 Å². The van der Waals surface area contributed by atoms with Crippen molar-refractivity contribution in [3.8, 4) is 0 Å². The molecule has 2 aromatic heterocycles.